The third kappa shape index (κ3) is 24.5. The van der Waals surface area contributed by atoms with Crippen molar-refractivity contribution in [3.05, 3.63) is 0 Å². The molecule has 0 aliphatic carbocycles. The lowest BCUT2D eigenvalue weighted by molar-refractivity contribution is 0.105. The molecule has 0 radical (unpaired) electrons. The fourth-order valence-corrected chi connectivity index (χ4v) is 16.1. The van der Waals surface area contributed by atoms with E-state index in [1.54, 1.807) is 0 Å². The van der Waals surface area contributed by atoms with Crippen LogP contribution in [0.1, 0.15) is 157 Å². The van der Waals surface area contributed by atoms with Gasteiger partial charge in [-0.05, 0) is 39.5 Å². The number of ether oxygens (including phenoxy) is 2. The van der Waals surface area contributed by atoms with Crippen LogP contribution in [0.2, 0.25) is 24.2 Å². The van der Waals surface area contributed by atoms with Crippen molar-refractivity contribution in [1.82, 2.24) is 0 Å². The third-order valence-corrected chi connectivity index (χ3v) is 18.9. The van der Waals surface area contributed by atoms with Gasteiger partial charge in [0.2, 0.25) is 0 Å². The number of hydrogen-bond acceptors (Lipinski definition) is 4. The zero-order valence-corrected chi connectivity index (χ0v) is 32.3. The van der Waals surface area contributed by atoms with Crippen molar-refractivity contribution in [2.75, 3.05) is 24.7 Å². The normalized spacial score (nSPS) is 13.5. The molecule has 0 rings (SSSR count). The van der Waals surface area contributed by atoms with Crippen molar-refractivity contribution in [3.8, 4) is 0 Å². The number of unbranched alkanes of at least 4 members (excludes halogenated alkanes) is 10. The van der Waals surface area contributed by atoms with E-state index in [1.165, 1.54) is 151 Å². The summed E-state index contributed by atoms with van der Waals surface area (Å²) in [6, 6.07) is 6.05. The first-order valence-electron chi connectivity index (χ1n) is 18.2. The molecule has 0 spiro atoms. The maximum Gasteiger partial charge on any atom is 0.0717 e. The van der Waals surface area contributed by atoms with E-state index in [2.05, 4.69) is 63.1 Å². The van der Waals surface area contributed by atoms with E-state index in [0.717, 1.165) is 13.2 Å². The average molecular weight is 635 g/mol. The van der Waals surface area contributed by atoms with Gasteiger partial charge in [-0.15, -0.1) is 0 Å². The zero-order chi connectivity index (χ0) is 29.5. The Kier molecular flexibility index (Phi) is 33.8. The van der Waals surface area contributed by atoms with E-state index < -0.39 is 17.6 Å². The molecule has 0 aromatic carbocycles. The van der Waals surface area contributed by atoms with Crippen LogP contribution in [0.4, 0.5) is 0 Å². The van der Waals surface area contributed by atoms with Crippen molar-refractivity contribution in [2.45, 2.75) is 193 Å². The standard InChI is InChI=1S/C34H74O2S2Si2/c1-7-13-21-29-39(30-22-14-8-2)33(35-11-5)25-17-19-27-37-38-28-20-18-26-34(36-12-6)40(31-23-15-9-3)32-24-16-10-4/h33-34,39-40H,7-32H2,1-6H3. The van der Waals surface area contributed by atoms with Gasteiger partial charge in [-0.1, -0.05) is 163 Å². The van der Waals surface area contributed by atoms with Gasteiger partial charge in [0, 0.05) is 36.2 Å². The van der Waals surface area contributed by atoms with Gasteiger partial charge >= 0.3 is 0 Å². The quantitative estimate of drug-likeness (QED) is 0.0406. The second-order valence-electron chi connectivity index (χ2n) is 12.1. The topological polar surface area (TPSA) is 18.5 Å². The lowest BCUT2D eigenvalue weighted by Gasteiger charge is -2.26. The van der Waals surface area contributed by atoms with Crippen molar-refractivity contribution >= 4 is 39.2 Å². The predicted octanol–water partition coefficient (Wildman–Crippen LogP) is 11.8. The van der Waals surface area contributed by atoms with Crippen LogP contribution in [0, 0.1) is 0 Å². The molecule has 2 unspecified atom stereocenters. The Morgan fingerprint density at radius 1 is 0.425 bits per heavy atom. The minimum absolute atomic E-state index is 0.631. The molecule has 6 heteroatoms. The summed E-state index contributed by atoms with van der Waals surface area (Å²) in [6.07, 6.45) is 24.9. The van der Waals surface area contributed by atoms with Crippen molar-refractivity contribution in [3.63, 3.8) is 0 Å². The fraction of sp³-hybridized carbons (Fsp3) is 1.00. The molecule has 0 fully saturated rings. The van der Waals surface area contributed by atoms with Gasteiger partial charge in [-0.25, -0.2) is 0 Å². The second kappa shape index (κ2) is 33.0. The summed E-state index contributed by atoms with van der Waals surface area (Å²) >= 11 is 0. The fourth-order valence-electron chi connectivity index (χ4n) is 6.13. The molecule has 0 aliphatic rings. The summed E-state index contributed by atoms with van der Waals surface area (Å²) in [4.78, 5) is 0. The Balaban J connectivity index is 4.26. The molecule has 40 heavy (non-hydrogen) atoms. The highest BCUT2D eigenvalue weighted by Crippen LogP contribution is 2.27. The molecule has 0 N–H and O–H groups in total. The highest BCUT2D eigenvalue weighted by atomic mass is 33.1. The lowest BCUT2D eigenvalue weighted by atomic mass is 10.2. The van der Waals surface area contributed by atoms with Gasteiger partial charge in [0.25, 0.3) is 0 Å². The predicted molar refractivity (Wildman–Crippen MR) is 195 cm³/mol. The summed E-state index contributed by atoms with van der Waals surface area (Å²) in [5.74, 6) is 2.62. The molecule has 0 aliphatic heterocycles. The first-order chi connectivity index (χ1) is 19.7. The monoisotopic (exact) mass is 634 g/mol. The van der Waals surface area contributed by atoms with Crippen LogP contribution in [0.15, 0.2) is 0 Å². The lowest BCUT2D eigenvalue weighted by Crippen LogP contribution is -2.33. The highest BCUT2D eigenvalue weighted by Gasteiger charge is 2.23. The summed E-state index contributed by atoms with van der Waals surface area (Å²) in [7, 11) is 2.68. The summed E-state index contributed by atoms with van der Waals surface area (Å²) in [5, 5.41) is 0. The Labute approximate surface area is 265 Å². The maximum atomic E-state index is 6.39. The zero-order valence-electron chi connectivity index (χ0n) is 28.3. The summed E-state index contributed by atoms with van der Waals surface area (Å²) < 4.78 is 12.8. The van der Waals surface area contributed by atoms with Gasteiger partial charge in [-0.2, -0.15) is 0 Å². The van der Waals surface area contributed by atoms with Crippen molar-refractivity contribution in [1.29, 1.82) is 0 Å². The molecule has 0 amide bonds. The highest BCUT2D eigenvalue weighted by molar-refractivity contribution is 8.76. The summed E-state index contributed by atoms with van der Waals surface area (Å²) in [5.41, 5.74) is 1.26. The maximum absolute atomic E-state index is 6.39. The van der Waals surface area contributed by atoms with E-state index in [9.17, 15) is 0 Å². The van der Waals surface area contributed by atoms with Crippen molar-refractivity contribution in [2.24, 2.45) is 0 Å². The van der Waals surface area contributed by atoms with E-state index >= 15 is 0 Å². The van der Waals surface area contributed by atoms with Crippen LogP contribution in [-0.4, -0.2) is 53.8 Å². The van der Waals surface area contributed by atoms with E-state index in [-0.39, 0.29) is 0 Å². The SMILES string of the molecule is CCCCC[SiH](CCCCC)C(CCCCSSCCCCC(OCC)[SiH](CCCCC)CCCCC)OCC. The van der Waals surface area contributed by atoms with Gasteiger partial charge in [0.15, 0.2) is 0 Å². The van der Waals surface area contributed by atoms with Crippen LogP contribution in [0.5, 0.6) is 0 Å². The number of hydrogen-bond donors (Lipinski definition) is 0. The smallest absolute Gasteiger partial charge is 0.0717 e. The van der Waals surface area contributed by atoms with Gasteiger partial charge in [0.1, 0.15) is 0 Å². The second-order valence-corrected chi connectivity index (χ2v) is 21.7. The molecule has 0 aromatic rings. The Morgan fingerprint density at radius 2 is 0.750 bits per heavy atom. The van der Waals surface area contributed by atoms with Crippen molar-refractivity contribution < 1.29 is 9.47 Å². The molecular formula is C34H74O2S2Si2. The average Bonchev–Trinajstić information content (AvgIpc) is 2.96. The van der Waals surface area contributed by atoms with Crippen LogP contribution in [0.25, 0.3) is 0 Å². The molecule has 0 bridgehead atoms. The summed E-state index contributed by atoms with van der Waals surface area (Å²) in [6.45, 7) is 15.6. The van der Waals surface area contributed by atoms with Gasteiger partial charge < -0.3 is 9.47 Å². The molecule has 0 saturated carbocycles. The van der Waals surface area contributed by atoms with Crippen LogP contribution < -0.4 is 0 Å². The molecule has 0 aromatic heterocycles. The van der Waals surface area contributed by atoms with Gasteiger partial charge in [-0.3, -0.25) is 0 Å². The van der Waals surface area contributed by atoms with Crippen LogP contribution in [-0.2, 0) is 9.47 Å². The van der Waals surface area contributed by atoms with Gasteiger partial charge in [0.05, 0.1) is 17.6 Å². The Morgan fingerprint density at radius 3 is 1.02 bits per heavy atom. The minimum Gasteiger partial charge on any atom is -0.382 e. The Hall–Kier alpha value is 1.05. The van der Waals surface area contributed by atoms with E-state index in [0.29, 0.717) is 11.5 Å². The molecular weight excluding hydrogens is 561 g/mol. The van der Waals surface area contributed by atoms with Crippen LogP contribution >= 0.6 is 21.6 Å². The van der Waals surface area contributed by atoms with Crippen LogP contribution in [0.3, 0.4) is 0 Å². The van der Waals surface area contributed by atoms with E-state index in [4.69, 9.17) is 9.47 Å². The minimum atomic E-state index is -0.788. The molecule has 0 heterocycles. The molecule has 242 valence electrons. The molecule has 2 nitrogen and oxygen atoms in total. The Bertz CT molecular complexity index is 425. The first kappa shape index (κ1) is 41.1. The molecule has 2 atom stereocenters. The first-order valence-corrected chi connectivity index (χ1v) is 25.2. The number of rotatable bonds is 33. The van der Waals surface area contributed by atoms with E-state index in [1.807, 2.05) is 0 Å². The third-order valence-electron chi connectivity index (χ3n) is 8.54. The molecule has 0 saturated heterocycles. The largest absolute Gasteiger partial charge is 0.382 e.